The van der Waals surface area contributed by atoms with Crippen LogP contribution in [0.2, 0.25) is 0 Å². The van der Waals surface area contributed by atoms with Gasteiger partial charge >= 0.3 is 0 Å². The second-order valence-electron chi connectivity index (χ2n) is 7.53. The molecule has 136 valence electrons. The van der Waals surface area contributed by atoms with Gasteiger partial charge in [0, 0.05) is 58.3 Å². The summed E-state index contributed by atoms with van der Waals surface area (Å²) in [6.45, 7) is 8.48. The minimum absolute atomic E-state index is 0.0391. The second-order valence-corrected chi connectivity index (χ2v) is 7.53. The van der Waals surface area contributed by atoms with Crippen LogP contribution in [0.3, 0.4) is 0 Å². The lowest BCUT2D eigenvalue weighted by Gasteiger charge is -2.37. The molecule has 1 unspecified atom stereocenters. The number of carbonyl (C=O) groups excluding carboxylic acids is 2. The summed E-state index contributed by atoms with van der Waals surface area (Å²) in [6.07, 6.45) is 6.49. The standard InChI is InChI=1S/C18H32N4O2/c1-15(18(24)19-16-5-6-16)21-13-11-20(12-14-21)10-7-17(23)22-8-3-2-4-9-22/h15-16H,2-14H2,1H3,(H,19,24). The molecule has 0 spiro atoms. The smallest absolute Gasteiger partial charge is 0.237 e. The molecule has 1 N–H and O–H groups in total. The molecule has 1 saturated carbocycles. The highest BCUT2D eigenvalue weighted by atomic mass is 16.2. The zero-order valence-corrected chi connectivity index (χ0v) is 15.0. The van der Waals surface area contributed by atoms with Crippen LogP contribution < -0.4 is 5.32 Å². The Morgan fingerprint density at radius 2 is 1.67 bits per heavy atom. The summed E-state index contributed by atoms with van der Waals surface area (Å²) in [4.78, 5) is 31.1. The van der Waals surface area contributed by atoms with Crippen molar-refractivity contribution in [1.29, 1.82) is 0 Å². The van der Waals surface area contributed by atoms with Gasteiger partial charge in [-0.05, 0) is 39.0 Å². The van der Waals surface area contributed by atoms with Gasteiger partial charge in [0.2, 0.25) is 11.8 Å². The van der Waals surface area contributed by atoms with E-state index in [0.717, 1.165) is 71.5 Å². The fourth-order valence-electron chi connectivity index (χ4n) is 3.64. The van der Waals surface area contributed by atoms with Crippen molar-refractivity contribution < 1.29 is 9.59 Å². The maximum atomic E-state index is 12.2. The number of nitrogens with zero attached hydrogens (tertiary/aromatic N) is 3. The van der Waals surface area contributed by atoms with Gasteiger partial charge in [-0.15, -0.1) is 0 Å². The molecule has 3 fully saturated rings. The van der Waals surface area contributed by atoms with E-state index in [0.29, 0.717) is 18.4 Å². The van der Waals surface area contributed by atoms with Gasteiger partial charge in [0.25, 0.3) is 0 Å². The van der Waals surface area contributed by atoms with E-state index in [1.807, 2.05) is 11.8 Å². The first-order valence-electron chi connectivity index (χ1n) is 9.68. The van der Waals surface area contributed by atoms with E-state index in [2.05, 4.69) is 15.1 Å². The lowest BCUT2D eigenvalue weighted by molar-refractivity contribution is -0.132. The molecule has 6 heteroatoms. The molecule has 0 radical (unpaired) electrons. The lowest BCUT2D eigenvalue weighted by Crippen LogP contribution is -2.54. The van der Waals surface area contributed by atoms with Crippen molar-refractivity contribution in [2.24, 2.45) is 0 Å². The highest BCUT2D eigenvalue weighted by molar-refractivity contribution is 5.81. The average molecular weight is 336 g/mol. The van der Waals surface area contributed by atoms with Crippen LogP contribution in [0.1, 0.15) is 45.4 Å². The zero-order valence-electron chi connectivity index (χ0n) is 15.0. The average Bonchev–Trinajstić information content (AvgIpc) is 3.44. The van der Waals surface area contributed by atoms with Crippen molar-refractivity contribution in [3.8, 4) is 0 Å². The van der Waals surface area contributed by atoms with Crippen LogP contribution in [0.25, 0.3) is 0 Å². The van der Waals surface area contributed by atoms with Crippen LogP contribution >= 0.6 is 0 Å². The molecule has 3 rings (SSSR count). The van der Waals surface area contributed by atoms with Crippen molar-refractivity contribution in [2.75, 3.05) is 45.8 Å². The van der Waals surface area contributed by atoms with Crippen molar-refractivity contribution in [2.45, 2.75) is 57.5 Å². The molecular weight excluding hydrogens is 304 g/mol. The summed E-state index contributed by atoms with van der Waals surface area (Å²) < 4.78 is 0. The molecule has 3 aliphatic rings. The van der Waals surface area contributed by atoms with Gasteiger partial charge in [-0.25, -0.2) is 0 Å². The molecule has 2 heterocycles. The van der Waals surface area contributed by atoms with Gasteiger partial charge in [-0.1, -0.05) is 0 Å². The summed E-state index contributed by atoms with van der Waals surface area (Å²) in [5.41, 5.74) is 0. The van der Waals surface area contributed by atoms with Gasteiger partial charge < -0.3 is 15.1 Å². The van der Waals surface area contributed by atoms with Gasteiger partial charge in [0.15, 0.2) is 0 Å². The first kappa shape index (κ1) is 17.7. The minimum atomic E-state index is -0.0391. The van der Waals surface area contributed by atoms with Crippen molar-refractivity contribution in [1.82, 2.24) is 20.0 Å². The highest BCUT2D eigenvalue weighted by Crippen LogP contribution is 2.19. The molecule has 6 nitrogen and oxygen atoms in total. The number of rotatable bonds is 6. The van der Waals surface area contributed by atoms with Gasteiger partial charge in [-0.2, -0.15) is 0 Å². The summed E-state index contributed by atoms with van der Waals surface area (Å²) in [5, 5.41) is 3.09. The number of piperidine rings is 1. The van der Waals surface area contributed by atoms with Crippen LogP contribution in [0.4, 0.5) is 0 Å². The maximum absolute atomic E-state index is 12.2. The first-order valence-corrected chi connectivity index (χ1v) is 9.68. The molecule has 2 saturated heterocycles. The molecule has 2 amide bonds. The summed E-state index contributed by atoms with van der Waals surface area (Å²) in [5.74, 6) is 0.487. The number of likely N-dealkylation sites (tertiary alicyclic amines) is 1. The van der Waals surface area contributed by atoms with Crippen LogP contribution in [0, 0.1) is 0 Å². The van der Waals surface area contributed by atoms with Crippen LogP contribution in [0.5, 0.6) is 0 Å². The minimum Gasteiger partial charge on any atom is -0.352 e. The zero-order chi connectivity index (χ0) is 16.9. The van der Waals surface area contributed by atoms with E-state index in [-0.39, 0.29) is 11.9 Å². The van der Waals surface area contributed by atoms with E-state index in [4.69, 9.17) is 0 Å². The van der Waals surface area contributed by atoms with Crippen molar-refractivity contribution >= 4 is 11.8 Å². The number of hydrogen-bond acceptors (Lipinski definition) is 4. The Morgan fingerprint density at radius 1 is 1.00 bits per heavy atom. The fraction of sp³-hybridized carbons (Fsp3) is 0.889. The van der Waals surface area contributed by atoms with E-state index < -0.39 is 0 Å². The van der Waals surface area contributed by atoms with E-state index in [9.17, 15) is 9.59 Å². The predicted octanol–water partition coefficient (Wildman–Crippen LogP) is 0.674. The molecule has 1 atom stereocenters. The normalized spacial score (nSPS) is 24.6. The predicted molar refractivity (Wildman–Crippen MR) is 93.7 cm³/mol. The topological polar surface area (TPSA) is 55.9 Å². The van der Waals surface area contributed by atoms with E-state index in [1.54, 1.807) is 0 Å². The maximum Gasteiger partial charge on any atom is 0.237 e. The van der Waals surface area contributed by atoms with Crippen LogP contribution in [-0.4, -0.2) is 84.4 Å². The summed E-state index contributed by atoms with van der Waals surface area (Å²) in [6, 6.07) is 0.393. The second kappa shape index (κ2) is 8.30. The number of amides is 2. The first-order chi connectivity index (χ1) is 11.6. The fourth-order valence-corrected chi connectivity index (χ4v) is 3.64. The Morgan fingerprint density at radius 3 is 2.29 bits per heavy atom. The Hall–Kier alpha value is -1.14. The molecule has 0 aromatic heterocycles. The monoisotopic (exact) mass is 336 g/mol. The molecular formula is C18H32N4O2. The molecule has 24 heavy (non-hydrogen) atoms. The third-order valence-electron chi connectivity index (χ3n) is 5.61. The third-order valence-corrected chi connectivity index (χ3v) is 5.61. The highest BCUT2D eigenvalue weighted by Gasteiger charge is 2.30. The SMILES string of the molecule is CC(C(=O)NC1CC1)N1CCN(CCC(=O)N2CCCCC2)CC1. The summed E-state index contributed by atoms with van der Waals surface area (Å²) >= 11 is 0. The van der Waals surface area contributed by atoms with E-state index >= 15 is 0 Å². The Bertz CT molecular complexity index is 438. The Kier molecular flexibility index (Phi) is 6.11. The van der Waals surface area contributed by atoms with Crippen LogP contribution in [-0.2, 0) is 9.59 Å². The van der Waals surface area contributed by atoms with Gasteiger partial charge in [0.05, 0.1) is 6.04 Å². The molecule has 2 aliphatic heterocycles. The Balaban J connectivity index is 1.34. The quantitative estimate of drug-likeness (QED) is 0.775. The molecule has 0 aromatic rings. The number of carbonyl (C=O) groups is 2. The van der Waals surface area contributed by atoms with E-state index in [1.165, 1.54) is 6.42 Å². The van der Waals surface area contributed by atoms with Gasteiger partial charge in [0.1, 0.15) is 0 Å². The van der Waals surface area contributed by atoms with Crippen molar-refractivity contribution in [3.05, 3.63) is 0 Å². The number of piperazine rings is 1. The van der Waals surface area contributed by atoms with Crippen LogP contribution in [0.15, 0.2) is 0 Å². The summed E-state index contributed by atoms with van der Waals surface area (Å²) in [7, 11) is 0. The number of hydrogen-bond donors (Lipinski definition) is 1. The molecule has 0 aromatic carbocycles. The number of nitrogens with one attached hydrogen (secondary N) is 1. The molecule has 1 aliphatic carbocycles. The largest absolute Gasteiger partial charge is 0.352 e. The Labute approximate surface area is 145 Å². The lowest BCUT2D eigenvalue weighted by atomic mass is 10.1. The third kappa shape index (κ3) is 4.93. The molecule has 0 bridgehead atoms. The van der Waals surface area contributed by atoms with Crippen molar-refractivity contribution in [3.63, 3.8) is 0 Å². The van der Waals surface area contributed by atoms with Gasteiger partial charge in [-0.3, -0.25) is 14.5 Å².